The van der Waals surface area contributed by atoms with Gasteiger partial charge in [-0.25, -0.2) is 4.98 Å². The van der Waals surface area contributed by atoms with Crippen LogP contribution in [0.5, 0.6) is 0 Å². The Morgan fingerprint density at radius 2 is 2.16 bits per heavy atom. The van der Waals surface area contributed by atoms with Gasteiger partial charge >= 0.3 is 0 Å². The van der Waals surface area contributed by atoms with E-state index in [0.717, 1.165) is 16.3 Å². The van der Waals surface area contributed by atoms with Crippen molar-refractivity contribution in [1.82, 2.24) is 4.98 Å². The molecule has 2 rings (SSSR count). The van der Waals surface area contributed by atoms with Crippen molar-refractivity contribution >= 4 is 22.9 Å². The van der Waals surface area contributed by atoms with E-state index in [0.29, 0.717) is 18.2 Å². The second-order valence-electron chi connectivity index (χ2n) is 4.53. The van der Waals surface area contributed by atoms with E-state index in [1.165, 1.54) is 11.3 Å². The predicted molar refractivity (Wildman–Crippen MR) is 78.5 cm³/mol. The number of rotatable bonds is 4. The molecule has 0 radical (unpaired) electrons. The Labute approximate surface area is 116 Å². The van der Waals surface area contributed by atoms with E-state index >= 15 is 0 Å². The van der Waals surface area contributed by atoms with Crippen molar-refractivity contribution in [3.63, 3.8) is 0 Å². The van der Waals surface area contributed by atoms with Gasteiger partial charge in [-0.15, -0.1) is 11.3 Å². The zero-order chi connectivity index (χ0) is 13.8. The molecule has 0 aliphatic rings. The first-order valence-electron chi connectivity index (χ1n) is 6.16. The minimum absolute atomic E-state index is 0.191. The highest BCUT2D eigenvalue weighted by molar-refractivity contribution is 7.09. The summed E-state index contributed by atoms with van der Waals surface area (Å²) in [5.74, 6) is 0.163. The molecule has 1 heterocycles. The fourth-order valence-corrected chi connectivity index (χ4v) is 2.46. The Kier molecular flexibility index (Phi) is 4.29. The zero-order valence-corrected chi connectivity index (χ0v) is 11.8. The van der Waals surface area contributed by atoms with Crippen molar-refractivity contribution in [3.8, 4) is 0 Å². The number of aromatic nitrogens is 1. The summed E-state index contributed by atoms with van der Waals surface area (Å²) in [4.78, 5) is 16.3. The molecule has 0 saturated carbocycles. The molecule has 0 saturated heterocycles. The first kappa shape index (κ1) is 13.7. The number of nitrogens with one attached hydrogen (secondary N) is 1. The molecule has 0 spiro atoms. The van der Waals surface area contributed by atoms with Gasteiger partial charge in [0.1, 0.15) is 10.7 Å². The van der Waals surface area contributed by atoms with Crippen molar-refractivity contribution in [1.29, 1.82) is 0 Å². The highest BCUT2D eigenvalue weighted by Crippen LogP contribution is 2.24. The molecule has 0 bridgehead atoms. The molecule has 1 aromatic heterocycles. The van der Waals surface area contributed by atoms with Crippen molar-refractivity contribution in [2.24, 2.45) is 5.73 Å². The maximum Gasteiger partial charge on any atom is 0.275 e. The van der Waals surface area contributed by atoms with Crippen LogP contribution in [0.25, 0.3) is 0 Å². The number of hydrogen-bond acceptors (Lipinski definition) is 4. The maximum atomic E-state index is 12.1. The molecule has 0 fully saturated rings. The van der Waals surface area contributed by atoms with E-state index in [1.807, 2.05) is 24.3 Å². The minimum atomic E-state index is -0.191. The van der Waals surface area contributed by atoms with E-state index in [9.17, 15) is 4.79 Å². The fourth-order valence-electron chi connectivity index (χ4n) is 1.81. The SMILES string of the molecule is CC(C)c1ccccc1NC(=O)c1csc(CN)n1. The molecule has 3 N–H and O–H groups in total. The molecule has 0 unspecified atom stereocenters. The molecule has 100 valence electrons. The lowest BCUT2D eigenvalue weighted by Crippen LogP contribution is -2.14. The van der Waals surface area contributed by atoms with Crippen LogP contribution in [0.3, 0.4) is 0 Å². The Balaban J connectivity index is 2.19. The number of nitrogens with two attached hydrogens (primary N) is 1. The Hall–Kier alpha value is -1.72. The predicted octanol–water partition coefficient (Wildman–Crippen LogP) is 2.98. The van der Waals surface area contributed by atoms with E-state index in [4.69, 9.17) is 5.73 Å². The van der Waals surface area contributed by atoms with Crippen molar-refractivity contribution in [2.75, 3.05) is 5.32 Å². The number of anilines is 1. The van der Waals surface area contributed by atoms with Gasteiger partial charge in [-0.1, -0.05) is 32.0 Å². The van der Waals surface area contributed by atoms with E-state index in [2.05, 4.69) is 24.1 Å². The van der Waals surface area contributed by atoms with Crippen molar-refractivity contribution < 1.29 is 4.79 Å². The summed E-state index contributed by atoms with van der Waals surface area (Å²) in [6, 6.07) is 7.81. The highest BCUT2D eigenvalue weighted by atomic mass is 32.1. The van der Waals surface area contributed by atoms with Crippen LogP contribution in [-0.4, -0.2) is 10.9 Å². The molecule has 5 heteroatoms. The summed E-state index contributed by atoms with van der Waals surface area (Å²) in [5, 5.41) is 5.41. The van der Waals surface area contributed by atoms with Crippen LogP contribution in [0.1, 0.15) is 40.8 Å². The second kappa shape index (κ2) is 5.95. The fraction of sp³-hybridized carbons (Fsp3) is 0.286. The number of para-hydroxylation sites is 1. The van der Waals surface area contributed by atoms with Crippen LogP contribution in [0.15, 0.2) is 29.6 Å². The maximum absolute atomic E-state index is 12.1. The largest absolute Gasteiger partial charge is 0.325 e. The van der Waals surface area contributed by atoms with Gasteiger partial charge in [-0.3, -0.25) is 4.79 Å². The third-order valence-corrected chi connectivity index (χ3v) is 3.66. The van der Waals surface area contributed by atoms with Crippen LogP contribution in [0.2, 0.25) is 0 Å². The lowest BCUT2D eigenvalue weighted by atomic mass is 10.0. The second-order valence-corrected chi connectivity index (χ2v) is 5.47. The Morgan fingerprint density at radius 1 is 1.42 bits per heavy atom. The van der Waals surface area contributed by atoms with Gasteiger partial charge in [0.05, 0.1) is 0 Å². The standard InChI is InChI=1S/C14H17N3OS/c1-9(2)10-5-3-4-6-11(10)17-14(18)12-8-19-13(7-15)16-12/h3-6,8-9H,7,15H2,1-2H3,(H,17,18). The summed E-state index contributed by atoms with van der Waals surface area (Å²) >= 11 is 1.40. The number of thiazole rings is 1. The third-order valence-electron chi connectivity index (χ3n) is 2.79. The highest BCUT2D eigenvalue weighted by Gasteiger charge is 2.13. The number of carbonyl (C=O) groups excluding carboxylic acids is 1. The van der Waals surface area contributed by atoms with E-state index in [-0.39, 0.29) is 5.91 Å². The van der Waals surface area contributed by atoms with Crippen LogP contribution in [0, 0.1) is 0 Å². The number of nitrogens with zero attached hydrogens (tertiary/aromatic N) is 1. The van der Waals surface area contributed by atoms with Gasteiger partial charge in [-0.05, 0) is 17.5 Å². The van der Waals surface area contributed by atoms with Gasteiger partial charge in [0.15, 0.2) is 0 Å². The molecular formula is C14H17N3OS. The first-order valence-corrected chi connectivity index (χ1v) is 7.04. The normalized spacial score (nSPS) is 10.7. The molecule has 4 nitrogen and oxygen atoms in total. The average Bonchev–Trinajstić information content (AvgIpc) is 2.88. The van der Waals surface area contributed by atoms with E-state index in [1.54, 1.807) is 5.38 Å². The first-order chi connectivity index (χ1) is 9.11. The number of amides is 1. The van der Waals surface area contributed by atoms with Gasteiger partial charge in [-0.2, -0.15) is 0 Å². The summed E-state index contributed by atoms with van der Waals surface area (Å²) in [6.07, 6.45) is 0. The van der Waals surface area contributed by atoms with Gasteiger partial charge in [0.25, 0.3) is 5.91 Å². The molecule has 0 atom stereocenters. The zero-order valence-electron chi connectivity index (χ0n) is 11.0. The lowest BCUT2D eigenvalue weighted by Gasteiger charge is -2.12. The lowest BCUT2D eigenvalue weighted by molar-refractivity contribution is 0.102. The van der Waals surface area contributed by atoms with Crippen LogP contribution in [0.4, 0.5) is 5.69 Å². The molecular weight excluding hydrogens is 258 g/mol. The van der Waals surface area contributed by atoms with Gasteiger partial charge in [0, 0.05) is 17.6 Å². The summed E-state index contributed by atoms with van der Waals surface area (Å²) in [6.45, 7) is 4.56. The average molecular weight is 275 g/mol. The Morgan fingerprint density at radius 3 is 2.79 bits per heavy atom. The number of benzene rings is 1. The molecule has 1 amide bonds. The van der Waals surface area contributed by atoms with Crippen LogP contribution in [-0.2, 0) is 6.54 Å². The molecule has 1 aromatic carbocycles. The van der Waals surface area contributed by atoms with Crippen molar-refractivity contribution in [2.45, 2.75) is 26.3 Å². The quantitative estimate of drug-likeness (QED) is 0.901. The topological polar surface area (TPSA) is 68.0 Å². The smallest absolute Gasteiger partial charge is 0.275 e. The molecule has 2 aromatic rings. The molecule has 0 aliphatic carbocycles. The third kappa shape index (κ3) is 3.19. The number of carbonyl (C=O) groups is 1. The summed E-state index contributed by atoms with van der Waals surface area (Å²) in [7, 11) is 0. The minimum Gasteiger partial charge on any atom is -0.325 e. The summed E-state index contributed by atoms with van der Waals surface area (Å²) in [5.41, 5.74) is 7.87. The summed E-state index contributed by atoms with van der Waals surface area (Å²) < 4.78 is 0. The van der Waals surface area contributed by atoms with Gasteiger partial charge < -0.3 is 11.1 Å². The monoisotopic (exact) mass is 275 g/mol. The van der Waals surface area contributed by atoms with E-state index < -0.39 is 0 Å². The number of hydrogen-bond donors (Lipinski definition) is 2. The molecule has 0 aliphatic heterocycles. The molecule has 19 heavy (non-hydrogen) atoms. The van der Waals surface area contributed by atoms with Gasteiger partial charge in [0.2, 0.25) is 0 Å². The van der Waals surface area contributed by atoms with Crippen LogP contribution < -0.4 is 11.1 Å². The van der Waals surface area contributed by atoms with Crippen molar-refractivity contribution in [3.05, 3.63) is 45.9 Å². The van der Waals surface area contributed by atoms with Crippen LogP contribution >= 0.6 is 11.3 Å². The Bertz CT molecular complexity index is 578.